The molecule has 1 aliphatic heterocycles. The van der Waals surface area contributed by atoms with Gasteiger partial charge in [-0.15, -0.1) is 0 Å². The molecule has 0 aliphatic carbocycles. The van der Waals surface area contributed by atoms with Crippen LogP contribution in [0.15, 0.2) is 15.7 Å². The largest absolute Gasteiger partial charge is 0.383 e. The van der Waals surface area contributed by atoms with Gasteiger partial charge in [-0.05, 0) is 19.3 Å². The SMILES string of the molecule is CCCCSc1nc(N)cc(N2CCCC(c3nc(C(C)C)no3)C2)n1. The maximum atomic E-state index is 6.02. The second-order valence-corrected chi connectivity index (χ2v) is 8.13. The molecule has 0 bridgehead atoms. The van der Waals surface area contributed by atoms with Crippen molar-refractivity contribution < 1.29 is 4.52 Å². The molecule has 2 aromatic rings. The molecule has 0 saturated carbocycles. The fraction of sp³-hybridized carbons (Fsp3) is 0.667. The first-order valence-corrected chi connectivity index (χ1v) is 10.4. The van der Waals surface area contributed by atoms with E-state index in [4.69, 9.17) is 15.2 Å². The lowest BCUT2D eigenvalue weighted by Gasteiger charge is -2.32. The van der Waals surface area contributed by atoms with Crippen molar-refractivity contribution >= 4 is 23.4 Å². The number of unbranched alkanes of at least 4 members (excludes halogenated alkanes) is 1. The molecule has 0 aromatic carbocycles. The van der Waals surface area contributed by atoms with Gasteiger partial charge in [-0.2, -0.15) is 4.98 Å². The third kappa shape index (κ3) is 4.66. The number of nitrogens with zero attached hydrogens (tertiary/aromatic N) is 5. The highest BCUT2D eigenvalue weighted by Gasteiger charge is 2.27. The fourth-order valence-electron chi connectivity index (χ4n) is 3.00. The normalized spacial score (nSPS) is 17.8. The summed E-state index contributed by atoms with van der Waals surface area (Å²) >= 11 is 1.67. The van der Waals surface area contributed by atoms with Crippen molar-refractivity contribution in [3.05, 3.63) is 17.8 Å². The van der Waals surface area contributed by atoms with Crippen molar-refractivity contribution in [2.75, 3.05) is 29.5 Å². The quantitative estimate of drug-likeness (QED) is 0.442. The van der Waals surface area contributed by atoms with Crippen LogP contribution in [0, 0.1) is 0 Å². The van der Waals surface area contributed by atoms with Crippen LogP contribution in [0.3, 0.4) is 0 Å². The first-order chi connectivity index (χ1) is 12.6. The summed E-state index contributed by atoms with van der Waals surface area (Å²) in [4.78, 5) is 15.9. The van der Waals surface area contributed by atoms with E-state index in [0.29, 0.717) is 5.82 Å². The van der Waals surface area contributed by atoms with E-state index in [1.807, 2.05) is 6.07 Å². The van der Waals surface area contributed by atoms with Crippen molar-refractivity contribution in [3.63, 3.8) is 0 Å². The molecule has 1 fully saturated rings. The van der Waals surface area contributed by atoms with Crippen molar-refractivity contribution in [3.8, 4) is 0 Å². The van der Waals surface area contributed by atoms with Crippen molar-refractivity contribution in [2.24, 2.45) is 0 Å². The molecule has 3 rings (SSSR count). The highest BCUT2D eigenvalue weighted by atomic mass is 32.2. The molecule has 8 heteroatoms. The maximum Gasteiger partial charge on any atom is 0.231 e. The number of hydrogen-bond acceptors (Lipinski definition) is 8. The van der Waals surface area contributed by atoms with Crippen LogP contribution in [-0.2, 0) is 0 Å². The zero-order chi connectivity index (χ0) is 18.5. The van der Waals surface area contributed by atoms with E-state index in [9.17, 15) is 0 Å². The standard InChI is InChI=1S/C18H28N6OS/c1-4-5-9-26-18-20-14(19)10-15(21-18)24-8-6-7-13(11-24)17-22-16(12(2)3)23-25-17/h10,12-13H,4-9,11H2,1-3H3,(H2,19,20,21). The lowest BCUT2D eigenvalue weighted by Crippen LogP contribution is -2.35. The third-order valence-electron chi connectivity index (χ3n) is 4.51. The van der Waals surface area contributed by atoms with Gasteiger partial charge in [0.2, 0.25) is 5.89 Å². The Morgan fingerprint density at radius 3 is 2.92 bits per heavy atom. The van der Waals surface area contributed by atoms with E-state index in [1.165, 1.54) is 6.42 Å². The smallest absolute Gasteiger partial charge is 0.231 e. The van der Waals surface area contributed by atoms with Crippen LogP contribution in [0.1, 0.15) is 70.0 Å². The molecule has 26 heavy (non-hydrogen) atoms. The number of nitrogens with two attached hydrogens (primary N) is 1. The van der Waals surface area contributed by atoms with E-state index in [-0.39, 0.29) is 11.8 Å². The van der Waals surface area contributed by atoms with Crippen LogP contribution in [0.25, 0.3) is 0 Å². The van der Waals surface area contributed by atoms with Gasteiger partial charge in [0.25, 0.3) is 0 Å². The second-order valence-electron chi connectivity index (χ2n) is 7.07. The van der Waals surface area contributed by atoms with Gasteiger partial charge < -0.3 is 15.2 Å². The Bertz CT molecular complexity index is 719. The molecule has 142 valence electrons. The molecule has 7 nitrogen and oxygen atoms in total. The molecule has 1 aliphatic rings. The minimum Gasteiger partial charge on any atom is -0.383 e. The second kappa shape index (κ2) is 8.70. The third-order valence-corrected chi connectivity index (χ3v) is 5.44. The molecule has 1 saturated heterocycles. The molecule has 1 unspecified atom stereocenters. The first-order valence-electron chi connectivity index (χ1n) is 9.42. The minimum atomic E-state index is 0.233. The Morgan fingerprint density at radius 1 is 1.35 bits per heavy atom. The predicted molar refractivity (Wildman–Crippen MR) is 105 cm³/mol. The molecule has 1 atom stereocenters. The lowest BCUT2D eigenvalue weighted by molar-refractivity contribution is 0.329. The topological polar surface area (TPSA) is 94.0 Å². The fourth-order valence-corrected chi connectivity index (χ4v) is 3.94. The van der Waals surface area contributed by atoms with Gasteiger partial charge in [0.15, 0.2) is 11.0 Å². The summed E-state index contributed by atoms with van der Waals surface area (Å²) in [5.41, 5.74) is 6.02. The zero-order valence-corrected chi connectivity index (χ0v) is 16.6. The van der Waals surface area contributed by atoms with Crippen molar-refractivity contribution in [1.29, 1.82) is 0 Å². The number of hydrogen-bond donors (Lipinski definition) is 1. The zero-order valence-electron chi connectivity index (χ0n) is 15.8. The molecule has 2 N–H and O–H groups in total. The van der Waals surface area contributed by atoms with E-state index in [0.717, 1.165) is 60.8 Å². The molecule has 0 radical (unpaired) electrons. The van der Waals surface area contributed by atoms with E-state index >= 15 is 0 Å². The molecular weight excluding hydrogens is 348 g/mol. The summed E-state index contributed by atoms with van der Waals surface area (Å²) in [7, 11) is 0. The number of rotatable bonds is 7. The van der Waals surface area contributed by atoms with Gasteiger partial charge in [0.1, 0.15) is 11.6 Å². The van der Waals surface area contributed by atoms with Gasteiger partial charge in [0, 0.05) is 30.8 Å². The van der Waals surface area contributed by atoms with Crippen LogP contribution in [-0.4, -0.2) is 39.0 Å². The number of aromatic nitrogens is 4. The minimum absolute atomic E-state index is 0.233. The van der Waals surface area contributed by atoms with Crippen LogP contribution in [0.2, 0.25) is 0 Å². The number of piperidine rings is 1. The van der Waals surface area contributed by atoms with Gasteiger partial charge >= 0.3 is 0 Å². The van der Waals surface area contributed by atoms with Crippen molar-refractivity contribution in [1.82, 2.24) is 20.1 Å². The lowest BCUT2D eigenvalue weighted by atomic mass is 9.98. The Morgan fingerprint density at radius 2 is 2.19 bits per heavy atom. The van der Waals surface area contributed by atoms with Crippen LogP contribution < -0.4 is 10.6 Å². The predicted octanol–water partition coefficient (Wildman–Crippen LogP) is 3.84. The highest BCUT2D eigenvalue weighted by molar-refractivity contribution is 7.99. The molecular formula is C18H28N6OS. The van der Waals surface area contributed by atoms with E-state index in [1.54, 1.807) is 11.8 Å². The van der Waals surface area contributed by atoms with E-state index < -0.39 is 0 Å². The van der Waals surface area contributed by atoms with Gasteiger partial charge in [-0.25, -0.2) is 9.97 Å². The summed E-state index contributed by atoms with van der Waals surface area (Å²) < 4.78 is 5.51. The molecule has 0 spiro atoms. The molecule has 0 amide bonds. The van der Waals surface area contributed by atoms with Crippen LogP contribution in [0.5, 0.6) is 0 Å². The molecule has 2 aromatic heterocycles. The number of thioether (sulfide) groups is 1. The average Bonchev–Trinajstić information content (AvgIpc) is 3.12. The first kappa shape index (κ1) is 18.9. The van der Waals surface area contributed by atoms with Gasteiger partial charge in [0.05, 0.1) is 5.92 Å². The summed E-state index contributed by atoms with van der Waals surface area (Å²) in [6, 6.07) is 1.86. The molecule has 3 heterocycles. The van der Waals surface area contributed by atoms with Crippen molar-refractivity contribution in [2.45, 2.75) is 63.4 Å². The summed E-state index contributed by atoms with van der Waals surface area (Å²) in [5, 5.41) is 4.86. The van der Waals surface area contributed by atoms with E-state index in [2.05, 4.69) is 40.8 Å². The Labute approximate surface area is 159 Å². The Kier molecular flexibility index (Phi) is 6.34. The Balaban J connectivity index is 1.72. The number of anilines is 2. The number of nitrogen functional groups attached to an aromatic ring is 1. The Hall–Kier alpha value is -1.83. The average molecular weight is 377 g/mol. The van der Waals surface area contributed by atoms with Gasteiger partial charge in [-0.1, -0.05) is 44.1 Å². The maximum absolute atomic E-state index is 6.02. The van der Waals surface area contributed by atoms with Crippen LogP contribution >= 0.6 is 11.8 Å². The summed E-state index contributed by atoms with van der Waals surface area (Å²) in [5.74, 6) is 4.45. The highest BCUT2D eigenvalue weighted by Crippen LogP contribution is 2.30. The van der Waals surface area contributed by atoms with Gasteiger partial charge in [-0.3, -0.25) is 0 Å². The summed E-state index contributed by atoms with van der Waals surface area (Å²) in [6.07, 6.45) is 4.43. The van der Waals surface area contributed by atoms with Crippen LogP contribution in [0.4, 0.5) is 11.6 Å². The monoisotopic (exact) mass is 376 g/mol. The summed E-state index contributed by atoms with van der Waals surface area (Å²) in [6.45, 7) is 8.10.